The maximum absolute atomic E-state index is 13.0. The molecule has 0 atom stereocenters. The molecule has 0 spiro atoms. The number of ether oxygens (including phenoxy) is 1. The molecule has 0 aliphatic carbocycles. The second-order valence-electron chi connectivity index (χ2n) is 4.96. The van der Waals surface area contributed by atoms with E-state index in [1.165, 1.54) is 18.3 Å². The van der Waals surface area contributed by atoms with Crippen molar-refractivity contribution in [3.05, 3.63) is 65.0 Å². The summed E-state index contributed by atoms with van der Waals surface area (Å²) >= 11 is 0. The molecule has 0 saturated carbocycles. The molecule has 0 bridgehead atoms. The van der Waals surface area contributed by atoms with Crippen molar-refractivity contribution in [2.45, 2.75) is 13.8 Å². The number of halogens is 1. The highest BCUT2D eigenvalue weighted by molar-refractivity contribution is 5.82. The molecule has 0 radical (unpaired) electrons. The Labute approximate surface area is 128 Å². The lowest BCUT2D eigenvalue weighted by atomic mass is 10.1. The molecular formula is C17H17FN2O2. The van der Waals surface area contributed by atoms with E-state index in [4.69, 9.17) is 4.74 Å². The number of amides is 1. The van der Waals surface area contributed by atoms with Crippen LogP contribution in [-0.2, 0) is 4.79 Å². The third-order valence-corrected chi connectivity index (χ3v) is 2.82. The normalized spacial score (nSPS) is 10.7. The van der Waals surface area contributed by atoms with Gasteiger partial charge in [-0.25, -0.2) is 9.82 Å². The molecule has 2 aromatic rings. The Kier molecular flexibility index (Phi) is 5.25. The van der Waals surface area contributed by atoms with Gasteiger partial charge in [-0.3, -0.25) is 4.79 Å². The van der Waals surface area contributed by atoms with Crippen LogP contribution >= 0.6 is 0 Å². The minimum absolute atomic E-state index is 0.136. The van der Waals surface area contributed by atoms with Gasteiger partial charge in [0.1, 0.15) is 11.6 Å². The Bertz CT molecular complexity index is 679. The summed E-state index contributed by atoms with van der Waals surface area (Å²) in [5, 5.41) is 3.76. The minimum atomic E-state index is -0.383. The van der Waals surface area contributed by atoms with Gasteiger partial charge >= 0.3 is 0 Å². The van der Waals surface area contributed by atoms with Gasteiger partial charge in [-0.2, -0.15) is 5.10 Å². The first-order chi connectivity index (χ1) is 10.5. The maximum Gasteiger partial charge on any atom is 0.277 e. The number of benzene rings is 2. The van der Waals surface area contributed by atoms with E-state index in [9.17, 15) is 9.18 Å². The van der Waals surface area contributed by atoms with E-state index in [2.05, 4.69) is 10.5 Å². The molecule has 4 nitrogen and oxygen atoms in total. The first-order valence-electron chi connectivity index (χ1n) is 6.81. The molecule has 0 aliphatic rings. The molecule has 2 rings (SSSR count). The standard InChI is InChI=1S/C17H17FN2O2/c1-12-6-13(2)8-16(7-12)22-11-17(21)20-19-10-14-4-3-5-15(18)9-14/h3-10H,11H2,1-2H3,(H,20,21). The van der Waals surface area contributed by atoms with Crippen molar-refractivity contribution < 1.29 is 13.9 Å². The van der Waals surface area contributed by atoms with Crippen molar-refractivity contribution in [1.29, 1.82) is 0 Å². The van der Waals surface area contributed by atoms with Crippen molar-refractivity contribution in [1.82, 2.24) is 5.43 Å². The summed E-state index contributed by atoms with van der Waals surface area (Å²) in [6.45, 7) is 3.79. The van der Waals surface area contributed by atoms with Gasteiger partial charge in [0.25, 0.3) is 5.91 Å². The monoisotopic (exact) mass is 300 g/mol. The number of rotatable bonds is 5. The van der Waals surface area contributed by atoms with Crippen LogP contribution in [0.5, 0.6) is 5.75 Å². The number of carbonyl (C=O) groups excluding carboxylic acids is 1. The number of hydrogen-bond acceptors (Lipinski definition) is 3. The summed E-state index contributed by atoms with van der Waals surface area (Å²) in [4.78, 5) is 11.6. The average molecular weight is 300 g/mol. The Morgan fingerprint density at radius 1 is 1.23 bits per heavy atom. The van der Waals surface area contributed by atoms with Crippen LogP contribution in [-0.4, -0.2) is 18.7 Å². The van der Waals surface area contributed by atoms with Gasteiger partial charge in [-0.15, -0.1) is 0 Å². The van der Waals surface area contributed by atoms with Crippen molar-refractivity contribution in [2.75, 3.05) is 6.61 Å². The molecule has 0 saturated heterocycles. The second-order valence-corrected chi connectivity index (χ2v) is 4.96. The lowest BCUT2D eigenvalue weighted by molar-refractivity contribution is -0.123. The lowest BCUT2D eigenvalue weighted by Gasteiger charge is -2.07. The third kappa shape index (κ3) is 5.01. The fourth-order valence-corrected chi connectivity index (χ4v) is 1.96. The average Bonchev–Trinajstić information content (AvgIpc) is 2.44. The number of nitrogens with one attached hydrogen (secondary N) is 1. The summed E-state index contributed by atoms with van der Waals surface area (Å²) in [6, 6.07) is 11.7. The van der Waals surface area contributed by atoms with Crippen LogP contribution in [0.25, 0.3) is 0 Å². The van der Waals surface area contributed by atoms with Crippen LogP contribution in [0.4, 0.5) is 4.39 Å². The largest absolute Gasteiger partial charge is 0.484 e. The molecule has 0 aromatic heterocycles. The van der Waals surface area contributed by atoms with Gasteiger partial charge in [0, 0.05) is 0 Å². The highest BCUT2D eigenvalue weighted by Crippen LogP contribution is 2.15. The van der Waals surface area contributed by atoms with Crippen LogP contribution in [0.15, 0.2) is 47.6 Å². The fourth-order valence-electron chi connectivity index (χ4n) is 1.96. The third-order valence-electron chi connectivity index (χ3n) is 2.82. The van der Waals surface area contributed by atoms with E-state index < -0.39 is 0 Å². The predicted molar refractivity (Wildman–Crippen MR) is 83.5 cm³/mol. The van der Waals surface area contributed by atoms with E-state index in [0.717, 1.165) is 11.1 Å². The SMILES string of the molecule is Cc1cc(C)cc(OCC(=O)NN=Cc2cccc(F)c2)c1. The van der Waals surface area contributed by atoms with E-state index in [1.807, 2.05) is 32.0 Å². The molecule has 0 heterocycles. The van der Waals surface area contributed by atoms with Crippen LogP contribution in [0.2, 0.25) is 0 Å². The Hall–Kier alpha value is -2.69. The van der Waals surface area contributed by atoms with E-state index in [1.54, 1.807) is 12.1 Å². The van der Waals surface area contributed by atoms with Crippen LogP contribution in [0.3, 0.4) is 0 Å². The zero-order valence-electron chi connectivity index (χ0n) is 12.5. The Balaban J connectivity index is 1.83. The van der Waals surface area contributed by atoms with Gasteiger partial charge < -0.3 is 4.74 Å². The molecule has 1 N–H and O–H groups in total. The number of carbonyl (C=O) groups is 1. The summed E-state index contributed by atoms with van der Waals surface area (Å²) < 4.78 is 18.4. The van der Waals surface area contributed by atoms with Gasteiger partial charge in [0.05, 0.1) is 6.21 Å². The molecule has 2 aromatic carbocycles. The molecule has 5 heteroatoms. The smallest absolute Gasteiger partial charge is 0.277 e. The Morgan fingerprint density at radius 3 is 2.64 bits per heavy atom. The van der Waals surface area contributed by atoms with E-state index in [-0.39, 0.29) is 18.3 Å². The molecule has 0 aliphatic heterocycles. The Morgan fingerprint density at radius 2 is 1.95 bits per heavy atom. The number of hydrazone groups is 1. The first-order valence-corrected chi connectivity index (χ1v) is 6.81. The molecule has 0 unspecified atom stereocenters. The fraction of sp³-hybridized carbons (Fsp3) is 0.176. The quantitative estimate of drug-likeness (QED) is 0.682. The number of hydrogen-bond donors (Lipinski definition) is 1. The number of nitrogens with zero attached hydrogens (tertiary/aromatic N) is 1. The topological polar surface area (TPSA) is 50.7 Å². The van der Waals surface area contributed by atoms with Gasteiger partial charge in [0.2, 0.25) is 0 Å². The number of aryl methyl sites for hydroxylation is 2. The van der Waals surface area contributed by atoms with Crippen molar-refractivity contribution in [3.8, 4) is 5.75 Å². The zero-order chi connectivity index (χ0) is 15.9. The van der Waals surface area contributed by atoms with Crippen LogP contribution in [0.1, 0.15) is 16.7 Å². The molecule has 114 valence electrons. The van der Waals surface area contributed by atoms with Gasteiger partial charge in [-0.1, -0.05) is 18.2 Å². The van der Waals surface area contributed by atoms with Crippen molar-refractivity contribution in [2.24, 2.45) is 5.10 Å². The molecule has 1 amide bonds. The van der Waals surface area contributed by atoms with Gasteiger partial charge in [0.15, 0.2) is 6.61 Å². The highest BCUT2D eigenvalue weighted by atomic mass is 19.1. The summed E-state index contributed by atoms with van der Waals surface area (Å²) in [5.74, 6) is -0.0954. The van der Waals surface area contributed by atoms with Crippen LogP contribution < -0.4 is 10.2 Å². The second kappa shape index (κ2) is 7.36. The molecular weight excluding hydrogens is 283 g/mol. The summed E-state index contributed by atoms with van der Waals surface area (Å²) in [7, 11) is 0. The van der Waals surface area contributed by atoms with Crippen molar-refractivity contribution in [3.63, 3.8) is 0 Å². The van der Waals surface area contributed by atoms with Crippen molar-refractivity contribution >= 4 is 12.1 Å². The predicted octanol–water partition coefficient (Wildman–Crippen LogP) is 2.97. The molecule has 0 fully saturated rings. The van der Waals surface area contributed by atoms with Crippen LogP contribution in [0, 0.1) is 19.7 Å². The zero-order valence-corrected chi connectivity index (χ0v) is 12.5. The van der Waals surface area contributed by atoms with E-state index in [0.29, 0.717) is 11.3 Å². The maximum atomic E-state index is 13.0. The summed E-state index contributed by atoms with van der Waals surface area (Å²) in [5.41, 5.74) is 5.04. The minimum Gasteiger partial charge on any atom is -0.484 e. The highest BCUT2D eigenvalue weighted by Gasteiger charge is 2.02. The molecule has 22 heavy (non-hydrogen) atoms. The van der Waals surface area contributed by atoms with E-state index >= 15 is 0 Å². The summed E-state index contributed by atoms with van der Waals surface area (Å²) in [6.07, 6.45) is 1.37. The first kappa shape index (κ1) is 15.7. The van der Waals surface area contributed by atoms with Gasteiger partial charge in [-0.05, 0) is 54.8 Å². The lowest BCUT2D eigenvalue weighted by Crippen LogP contribution is -2.24.